The Morgan fingerprint density at radius 3 is 2.45 bits per heavy atom. The van der Waals surface area contributed by atoms with Gasteiger partial charge in [-0.2, -0.15) is 0 Å². The van der Waals surface area contributed by atoms with Crippen molar-refractivity contribution in [3.8, 4) is 0 Å². The molecule has 0 unspecified atom stereocenters. The van der Waals surface area contributed by atoms with Crippen LogP contribution in [0.5, 0.6) is 0 Å². The fourth-order valence-electron chi connectivity index (χ4n) is 2.59. The maximum atomic E-state index is 12.5. The first-order valence-electron chi connectivity index (χ1n) is 8.75. The number of imide groups is 1. The third-order valence-corrected chi connectivity index (χ3v) is 5.52. The van der Waals surface area contributed by atoms with Gasteiger partial charge in [0, 0.05) is 16.3 Å². The van der Waals surface area contributed by atoms with Crippen LogP contribution < -0.4 is 16.0 Å². The van der Waals surface area contributed by atoms with Crippen molar-refractivity contribution < 1.29 is 23.9 Å². The Labute approximate surface area is 171 Å². The molecule has 9 heteroatoms. The lowest BCUT2D eigenvalue weighted by molar-refractivity contribution is -0.122. The number of hydrogen-bond donors (Lipinski definition) is 3. The van der Waals surface area contributed by atoms with Crippen LogP contribution in [0.1, 0.15) is 17.3 Å². The van der Waals surface area contributed by atoms with Gasteiger partial charge in [0.15, 0.2) is 6.61 Å². The second kappa shape index (κ2) is 8.78. The van der Waals surface area contributed by atoms with Gasteiger partial charge in [-0.25, -0.2) is 9.59 Å². The second-order valence-electron chi connectivity index (χ2n) is 6.52. The van der Waals surface area contributed by atoms with Crippen LogP contribution in [0.15, 0.2) is 59.5 Å². The monoisotopic (exact) mass is 413 g/mol. The summed E-state index contributed by atoms with van der Waals surface area (Å²) in [6, 6.07) is 15.0. The van der Waals surface area contributed by atoms with Crippen molar-refractivity contribution in [3.05, 3.63) is 60.2 Å². The minimum absolute atomic E-state index is 0.226. The number of hydrogen-bond acceptors (Lipinski definition) is 6. The summed E-state index contributed by atoms with van der Waals surface area (Å²) < 4.78 is 5.12. The molecule has 1 heterocycles. The highest BCUT2D eigenvalue weighted by Gasteiger charge is 2.41. The van der Waals surface area contributed by atoms with Gasteiger partial charge >= 0.3 is 12.0 Å². The van der Waals surface area contributed by atoms with Crippen LogP contribution in [0.2, 0.25) is 0 Å². The molecule has 2 aromatic carbocycles. The molecule has 0 aliphatic carbocycles. The summed E-state index contributed by atoms with van der Waals surface area (Å²) in [7, 11) is 0. The Kier molecular flexibility index (Phi) is 6.18. The molecule has 0 bridgehead atoms. The smallest absolute Gasteiger partial charge is 0.339 e. The Balaban J connectivity index is 1.59. The second-order valence-corrected chi connectivity index (χ2v) is 7.53. The van der Waals surface area contributed by atoms with E-state index < -0.39 is 36.0 Å². The number of carbonyl (C=O) groups is 4. The first-order valence-corrected chi connectivity index (χ1v) is 9.73. The molecule has 0 saturated carbocycles. The van der Waals surface area contributed by atoms with Crippen molar-refractivity contribution in [2.45, 2.75) is 17.4 Å². The third kappa shape index (κ3) is 5.14. The van der Waals surface area contributed by atoms with Gasteiger partial charge < -0.3 is 15.4 Å². The van der Waals surface area contributed by atoms with Crippen molar-refractivity contribution >= 4 is 41.3 Å². The number of nitrogens with one attached hydrogen (secondary N) is 3. The van der Waals surface area contributed by atoms with E-state index in [-0.39, 0.29) is 11.3 Å². The molecule has 150 valence electrons. The summed E-state index contributed by atoms with van der Waals surface area (Å²) in [5.74, 6) is -1.30. The highest BCUT2D eigenvalue weighted by Crippen LogP contribution is 2.28. The number of anilines is 1. The average Bonchev–Trinajstić information content (AvgIpc) is 2.97. The fraction of sp³-hybridized carbons (Fsp3) is 0.200. The summed E-state index contributed by atoms with van der Waals surface area (Å²) in [5, 5.41) is 7.40. The predicted molar refractivity (Wildman–Crippen MR) is 108 cm³/mol. The number of amides is 4. The third-order valence-electron chi connectivity index (χ3n) is 4.13. The van der Waals surface area contributed by atoms with Gasteiger partial charge in [-0.15, -0.1) is 11.8 Å². The zero-order valence-electron chi connectivity index (χ0n) is 15.6. The van der Waals surface area contributed by atoms with E-state index in [0.29, 0.717) is 10.6 Å². The van der Waals surface area contributed by atoms with E-state index in [1.54, 1.807) is 55.5 Å². The number of urea groups is 1. The highest BCUT2D eigenvalue weighted by molar-refractivity contribution is 7.99. The number of ether oxygens (including phenoxy) is 1. The molecule has 29 heavy (non-hydrogen) atoms. The molecule has 2 aromatic rings. The lowest BCUT2D eigenvalue weighted by Gasteiger charge is -2.20. The van der Waals surface area contributed by atoms with Crippen molar-refractivity contribution in [2.75, 3.05) is 17.7 Å². The molecular formula is C20H19N3O5S. The number of benzene rings is 2. The molecule has 0 radical (unpaired) electrons. The Bertz CT molecular complexity index is 950. The molecule has 0 spiro atoms. The zero-order valence-corrected chi connectivity index (χ0v) is 16.4. The molecule has 1 aliphatic rings. The van der Waals surface area contributed by atoms with E-state index in [9.17, 15) is 19.2 Å². The maximum absolute atomic E-state index is 12.5. The van der Waals surface area contributed by atoms with Crippen molar-refractivity contribution in [1.82, 2.24) is 10.6 Å². The van der Waals surface area contributed by atoms with Crippen LogP contribution in [0.25, 0.3) is 0 Å². The van der Waals surface area contributed by atoms with E-state index in [1.165, 1.54) is 11.8 Å². The Morgan fingerprint density at radius 1 is 1.07 bits per heavy atom. The van der Waals surface area contributed by atoms with E-state index in [0.717, 1.165) is 0 Å². The fourth-order valence-corrected chi connectivity index (χ4v) is 3.72. The number of rotatable bonds is 7. The summed E-state index contributed by atoms with van der Waals surface area (Å²) in [4.78, 5) is 48.3. The molecule has 3 N–H and O–H groups in total. The van der Waals surface area contributed by atoms with Crippen LogP contribution >= 0.6 is 11.8 Å². The zero-order chi connectivity index (χ0) is 20.9. The highest BCUT2D eigenvalue weighted by atomic mass is 32.2. The van der Waals surface area contributed by atoms with Crippen LogP contribution in [-0.2, 0) is 14.3 Å². The maximum Gasteiger partial charge on any atom is 0.339 e. The largest absolute Gasteiger partial charge is 0.452 e. The molecular weight excluding hydrogens is 394 g/mol. The van der Waals surface area contributed by atoms with E-state index >= 15 is 0 Å². The number of carbonyl (C=O) groups excluding carboxylic acids is 4. The summed E-state index contributed by atoms with van der Waals surface area (Å²) >= 11 is 1.24. The first kappa shape index (κ1) is 20.4. The van der Waals surface area contributed by atoms with Gasteiger partial charge in [0.2, 0.25) is 0 Å². The van der Waals surface area contributed by atoms with Gasteiger partial charge in [0.1, 0.15) is 5.54 Å². The molecule has 0 aromatic heterocycles. The van der Waals surface area contributed by atoms with Crippen LogP contribution in [0, 0.1) is 0 Å². The lowest BCUT2D eigenvalue weighted by Crippen LogP contribution is -2.46. The number of esters is 1. The number of para-hydroxylation sites is 1. The van der Waals surface area contributed by atoms with E-state index in [1.807, 2.05) is 6.07 Å². The van der Waals surface area contributed by atoms with Crippen LogP contribution in [0.3, 0.4) is 0 Å². The van der Waals surface area contributed by atoms with E-state index in [2.05, 4.69) is 16.0 Å². The van der Waals surface area contributed by atoms with Gasteiger partial charge in [0.05, 0.1) is 5.56 Å². The average molecular weight is 413 g/mol. The molecule has 3 rings (SSSR count). The number of thioether (sulfide) groups is 1. The Morgan fingerprint density at radius 2 is 1.76 bits per heavy atom. The molecule has 1 atom stereocenters. The molecule has 4 amide bonds. The van der Waals surface area contributed by atoms with Gasteiger partial charge in [-0.1, -0.05) is 30.3 Å². The normalized spacial score (nSPS) is 18.0. The summed E-state index contributed by atoms with van der Waals surface area (Å²) in [6.07, 6.45) is 0. The van der Waals surface area contributed by atoms with Crippen LogP contribution in [0.4, 0.5) is 10.5 Å². The quantitative estimate of drug-likeness (QED) is 0.364. The molecule has 1 saturated heterocycles. The van der Waals surface area contributed by atoms with Gasteiger partial charge in [0.25, 0.3) is 11.8 Å². The predicted octanol–water partition coefficient (Wildman–Crippen LogP) is 2.17. The first-order chi connectivity index (χ1) is 13.9. The van der Waals surface area contributed by atoms with Crippen LogP contribution in [-0.4, -0.2) is 41.7 Å². The summed E-state index contributed by atoms with van der Waals surface area (Å²) in [6.45, 7) is 1.18. The minimum Gasteiger partial charge on any atom is -0.452 e. The molecule has 1 aliphatic heterocycles. The SMILES string of the molecule is C[C@@]1(CSc2ccccc2C(=O)OCC(=O)Nc2ccccc2)NC(=O)NC1=O. The van der Waals surface area contributed by atoms with Crippen molar-refractivity contribution in [3.63, 3.8) is 0 Å². The molecule has 1 fully saturated rings. The minimum atomic E-state index is -1.08. The topological polar surface area (TPSA) is 114 Å². The lowest BCUT2D eigenvalue weighted by atomic mass is 10.1. The van der Waals surface area contributed by atoms with E-state index in [4.69, 9.17) is 4.74 Å². The Hall–Kier alpha value is -3.33. The standard InChI is InChI=1S/C20H19N3O5S/c1-20(18(26)22-19(27)23-20)12-29-15-10-6-5-9-14(15)17(25)28-11-16(24)21-13-7-3-2-4-8-13/h2-10H,11-12H2,1H3,(H,21,24)(H2,22,23,26,27)/t20-/m0/s1. The van der Waals surface area contributed by atoms with Gasteiger partial charge in [-0.05, 0) is 31.2 Å². The van der Waals surface area contributed by atoms with Crippen molar-refractivity contribution in [1.29, 1.82) is 0 Å². The van der Waals surface area contributed by atoms with Gasteiger partial charge in [-0.3, -0.25) is 14.9 Å². The summed E-state index contributed by atoms with van der Waals surface area (Å²) in [5.41, 5.74) is -0.193. The van der Waals surface area contributed by atoms with Crippen molar-refractivity contribution in [2.24, 2.45) is 0 Å². The molecule has 8 nitrogen and oxygen atoms in total.